The van der Waals surface area contributed by atoms with Crippen LogP contribution in [0.2, 0.25) is 0 Å². The molecule has 24 heavy (non-hydrogen) atoms. The van der Waals surface area contributed by atoms with Crippen LogP contribution in [0, 0.1) is 0 Å². The van der Waals surface area contributed by atoms with E-state index in [2.05, 4.69) is 11.4 Å². The third-order valence-electron chi connectivity index (χ3n) is 3.68. The number of unbranched alkanes of at least 4 members (excludes halogenated alkanes) is 9. The maximum Gasteiger partial charge on any atom is 1.00 e. The zero-order valence-electron chi connectivity index (χ0n) is 15.7. The maximum absolute atomic E-state index is 10.2. The SMILES string of the molecule is CCCCCCCCCCCCC(O)(O)CCOP(=O)([O-])[O-].[Na+].[Na+]. The summed E-state index contributed by atoms with van der Waals surface area (Å²) in [4.78, 5) is 20.5. The smallest absolute Gasteiger partial charge is 0.790 e. The van der Waals surface area contributed by atoms with Crippen molar-refractivity contribution in [2.75, 3.05) is 6.61 Å². The molecule has 9 heteroatoms. The molecule has 0 saturated heterocycles. The van der Waals surface area contributed by atoms with Crippen LogP contribution in [-0.2, 0) is 9.09 Å². The Labute approximate surface area is 191 Å². The van der Waals surface area contributed by atoms with Gasteiger partial charge in [0.05, 0.1) is 14.4 Å². The Morgan fingerprint density at radius 1 is 0.833 bits per heavy atom. The molecule has 0 atom stereocenters. The standard InChI is InChI=1S/C15H33O6P.2Na/c1-2-3-4-5-6-7-8-9-10-11-12-15(16,17)13-14-21-22(18,19)20;;/h16-17H,2-14H2,1H3,(H2,18,19,20);;/q;2*+1/p-2. The minimum atomic E-state index is -5.03. The van der Waals surface area contributed by atoms with Crippen molar-refractivity contribution in [2.45, 2.75) is 89.8 Å². The predicted octanol–water partition coefficient (Wildman–Crippen LogP) is -3.78. The van der Waals surface area contributed by atoms with Gasteiger partial charge in [-0.15, -0.1) is 0 Å². The minimum Gasteiger partial charge on any atom is -0.790 e. The van der Waals surface area contributed by atoms with Gasteiger partial charge in [-0.1, -0.05) is 64.7 Å². The molecule has 2 N–H and O–H groups in total. The predicted molar refractivity (Wildman–Crippen MR) is 81.8 cm³/mol. The second kappa shape index (κ2) is 18.4. The summed E-state index contributed by atoms with van der Waals surface area (Å²) in [6.45, 7) is 1.71. The molecule has 0 spiro atoms. The second-order valence-electron chi connectivity index (χ2n) is 5.94. The topological polar surface area (TPSA) is 113 Å². The summed E-state index contributed by atoms with van der Waals surface area (Å²) in [5, 5.41) is 19.2. The van der Waals surface area contributed by atoms with E-state index in [0.717, 1.165) is 19.3 Å². The molecule has 0 aromatic heterocycles. The van der Waals surface area contributed by atoms with Gasteiger partial charge >= 0.3 is 59.1 Å². The van der Waals surface area contributed by atoms with Crippen molar-refractivity contribution in [1.82, 2.24) is 0 Å². The van der Waals surface area contributed by atoms with E-state index in [1.807, 2.05) is 0 Å². The first-order chi connectivity index (χ1) is 10.3. The van der Waals surface area contributed by atoms with Crippen molar-refractivity contribution in [3.63, 3.8) is 0 Å². The van der Waals surface area contributed by atoms with Gasteiger partial charge in [0, 0.05) is 12.8 Å². The fourth-order valence-corrected chi connectivity index (χ4v) is 2.66. The Kier molecular flexibility index (Phi) is 23.6. The number of rotatable bonds is 15. The molecule has 0 unspecified atom stereocenters. The van der Waals surface area contributed by atoms with Gasteiger partial charge in [0.15, 0.2) is 5.79 Å². The van der Waals surface area contributed by atoms with Crippen molar-refractivity contribution in [1.29, 1.82) is 0 Å². The quantitative estimate of drug-likeness (QED) is 0.130. The largest absolute Gasteiger partial charge is 1.00 e. The number of hydrogen-bond acceptors (Lipinski definition) is 6. The van der Waals surface area contributed by atoms with Gasteiger partial charge in [-0.25, -0.2) is 0 Å². The van der Waals surface area contributed by atoms with Crippen LogP contribution >= 0.6 is 7.82 Å². The fraction of sp³-hybridized carbons (Fsp3) is 1.00. The average Bonchev–Trinajstić information content (AvgIpc) is 2.39. The average molecular weight is 384 g/mol. The molecule has 6 nitrogen and oxygen atoms in total. The monoisotopic (exact) mass is 384 g/mol. The molecule has 0 bridgehead atoms. The van der Waals surface area contributed by atoms with Crippen LogP contribution in [0.1, 0.15) is 84.0 Å². The second-order valence-corrected chi connectivity index (χ2v) is 7.10. The number of aliphatic hydroxyl groups is 2. The molecule has 134 valence electrons. The number of phosphoric ester groups is 1. The van der Waals surface area contributed by atoms with Crippen LogP contribution in [0.15, 0.2) is 0 Å². The summed E-state index contributed by atoms with van der Waals surface area (Å²) in [7, 11) is -5.03. The van der Waals surface area contributed by atoms with Crippen molar-refractivity contribution in [3.05, 3.63) is 0 Å². The van der Waals surface area contributed by atoms with Crippen LogP contribution in [0.5, 0.6) is 0 Å². The van der Waals surface area contributed by atoms with Gasteiger partial charge in [-0.3, -0.25) is 0 Å². The zero-order valence-corrected chi connectivity index (χ0v) is 20.6. The third kappa shape index (κ3) is 24.0. The molecule has 0 aromatic carbocycles. The summed E-state index contributed by atoms with van der Waals surface area (Å²) in [6, 6.07) is 0. The van der Waals surface area contributed by atoms with Gasteiger partial charge in [0.1, 0.15) is 0 Å². The van der Waals surface area contributed by atoms with Crippen LogP contribution in [0.3, 0.4) is 0 Å². The summed E-state index contributed by atoms with van der Waals surface area (Å²) >= 11 is 0. The van der Waals surface area contributed by atoms with E-state index < -0.39 is 20.2 Å². The maximum atomic E-state index is 10.2. The van der Waals surface area contributed by atoms with Crippen molar-refractivity contribution in [2.24, 2.45) is 0 Å². The normalized spacial score (nSPS) is 11.7. The Bertz CT molecular complexity index is 312. The van der Waals surface area contributed by atoms with Gasteiger partial charge in [-0.05, 0) is 6.42 Å². The van der Waals surface area contributed by atoms with Gasteiger partial charge in [0.25, 0.3) is 0 Å². The molecule has 0 amide bonds. The van der Waals surface area contributed by atoms with Crippen molar-refractivity contribution in [3.8, 4) is 0 Å². The molecule has 0 aliphatic heterocycles. The molecule has 0 aliphatic carbocycles. The van der Waals surface area contributed by atoms with Gasteiger partial charge in [-0.2, -0.15) is 0 Å². The summed E-state index contributed by atoms with van der Waals surface area (Å²) in [6.07, 6.45) is 11.4. The Morgan fingerprint density at radius 2 is 1.25 bits per heavy atom. The molecule has 0 fully saturated rings. The number of hydrogen-bond donors (Lipinski definition) is 2. The van der Waals surface area contributed by atoms with Crippen LogP contribution < -0.4 is 68.9 Å². The van der Waals surface area contributed by atoms with E-state index in [0.29, 0.717) is 6.42 Å². The molecule has 0 aliphatic rings. The van der Waals surface area contributed by atoms with E-state index in [4.69, 9.17) is 0 Å². The van der Waals surface area contributed by atoms with Gasteiger partial charge in [0.2, 0.25) is 0 Å². The zero-order chi connectivity index (χ0) is 16.9. The minimum absolute atomic E-state index is 0. The summed E-state index contributed by atoms with van der Waals surface area (Å²) < 4.78 is 14.2. The Hall–Kier alpha value is 2.03. The van der Waals surface area contributed by atoms with Crippen molar-refractivity contribution >= 4 is 7.82 Å². The van der Waals surface area contributed by atoms with E-state index in [9.17, 15) is 24.6 Å². The van der Waals surface area contributed by atoms with E-state index in [1.54, 1.807) is 0 Å². The first-order valence-corrected chi connectivity index (χ1v) is 9.84. The Morgan fingerprint density at radius 3 is 1.67 bits per heavy atom. The van der Waals surface area contributed by atoms with E-state index in [-0.39, 0.29) is 72.0 Å². The van der Waals surface area contributed by atoms with Crippen LogP contribution in [0.4, 0.5) is 0 Å². The molecule has 0 aromatic rings. The molecular formula is C15H31Na2O6P. The van der Waals surface area contributed by atoms with Gasteiger partial charge < -0.3 is 29.1 Å². The number of phosphoric acid groups is 1. The van der Waals surface area contributed by atoms with Crippen LogP contribution in [-0.4, -0.2) is 22.6 Å². The molecule has 0 rings (SSSR count). The van der Waals surface area contributed by atoms with E-state index >= 15 is 0 Å². The first kappa shape index (κ1) is 30.7. The Balaban J connectivity index is -0.00000220. The molecule has 0 radical (unpaired) electrons. The fourth-order valence-electron chi connectivity index (χ4n) is 2.34. The third-order valence-corrected chi connectivity index (χ3v) is 4.18. The first-order valence-electron chi connectivity index (χ1n) is 8.38. The molecule has 0 heterocycles. The van der Waals surface area contributed by atoms with E-state index in [1.165, 1.54) is 38.5 Å². The van der Waals surface area contributed by atoms with Crippen LogP contribution in [0.25, 0.3) is 0 Å². The summed E-state index contributed by atoms with van der Waals surface area (Å²) in [5.41, 5.74) is 0. The van der Waals surface area contributed by atoms with Crippen molar-refractivity contribution < 1.29 is 88.2 Å². The summed E-state index contributed by atoms with van der Waals surface area (Å²) in [5.74, 6) is -1.96. The molecule has 0 saturated carbocycles. The molecular weight excluding hydrogens is 353 g/mol.